The molecule has 0 aliphatic carbocycles. The molecule has 0 heterocycles. The van der Waals surface area contributed by atoms with Gasteiger partial charge in [0.1, 0.15) is 0 Å². The van der Waals surface area contributed by atoms with Crippen LogP contribution in [0.4, 0.5) is 0 Å². The number of rotatable bonds is 6. The minimum atomic E-state index is -0.756. The lowest BCUT2D eigenvalue weighted by molar-refractivity contribution is 0.0670. The lowest BCUT2D eigenvalue weighted by atomic mass is 9.85. The van der Waals surface area contributed by atoms with Gasteiger partial charge in [-0.3, -0.25) is 4.79 Å². The molecule has 2 rings (SSSR count). The highest BCUT2D eigenvalue weighted by Crippen LogP contribution is 2.30. The predicted octanol–water partition coefficient (Wildman–Crippen LogP) is 4.35. The van der Waals surface area contributed by atoms with Crippen LogP contribution >= 0.6 is 22.6 Å². The van der Waals surface area contributed by atoms with Crippen LogP contribution in [-0.4, -0.2) is 15.3 Å². The second-order valence-electron chi connectivity index (χ2n) is 5.12. The molecule has 0 aromatic heterocycles. The summed E-state index contributed by atoms with van der Waals surface area (Å²) in [6.45, 7) is 1.96. The zero-order chi connectivity index (χ0) is 15.2. The van der Waals surface area contributed by atoms with Gasteiger partial charge >= 0.3 is 0 Å². The number of aryl methyl sites for hydroxylation is 1. The number of benzene rings is 2. The van der Waals surface area contributed by atoms with Gasteiger partial charge in [-0.15, -0.1) is 0 Å². The Morgan fingerprint density at radius 2 is 1.71 bits per heavy atom. The Morgan fingerprint density at radius 1 is 1.10 bits per heavy atom. The molecule has 0 amide bonds. The average Bonchev–Trinajstić information content (AvgIpc) is 2.52. The topological polar surface area (TPSA) is 37.3 Å². The molecule has 110 valence electrons. The van der Waals surface area contributed by atoms with Crippen LogP contribution in [0.1, 0.15) is 34.0 Å². The van der Waals surface area contributed by atoms with Gasteiger partial charge in [0.05, 0.1) is 12.0 Å². The number of hydrogen-bond donors (Lipinski definition) is 1. The van der Waals surface area contributed by atoms with Gasteiger partial charge in [-0.05, 0) is 24.5 Å². The Labute approximate surface area is 139 Å². The van der Waals surface area contributed by atoms with Crippen molar-refractivity contribution in [3.63, 3.8) is 0 Å². The first kappa shape index (κ1) is 16.2. The van der Waals surface area contributed by atoms with Crippen molar-refractivity contribution < 1.29 is 9.90 Å². The maximum Gasteiger partial charge on any atom is 0.168 e. The zero-order valence-electron chi connectivity index (χ0n) is 12.0. The minimum Gasteiger partial charge on any atom is -0.388 e. The SMILES string of the molecule is Cc1ccccc1[C@H](O)[C@H](CCI)C(=O)c1ccccc1. The first-order valence-electron chi connectivity index (χ1n) is 7.04. The molecule has 3 heteroatoms. The summed E-state index contributed by atoms with van der Waals surface area (Å²) in [5, 5.41) is 10.7. The monoisotopic (exact) mass is 394 g/mol. The predicted molar refractivity (Wildman–Crippen MR) is 93.9 cm³/mol. The molecule has 1 N–H and O–H groups in total. The van der Waals surface area contributed by atoms with E-state index in [9.17, 15) is 9.90 Å². The molecule has 0 unspecified atom stereocenters. The third-order valence-electron chi connectivity index (χ3n) is 3.70. The summed E-state index contributed by atoms with van der Waals surface area (Å²) in [5.74, 6) is -0.381. The number of aliphatic hydroxyl groups excluding tert-OH is 1. The lowest BCUT2D eigenvalue weighted by Gasteiger charge is -2.23. The third kappa shape index (κ3) is 3.92. The minimum absolute atomic E-state index is 0.0167. The molecular formula is C18H19IO2. The molecule has 0 radical (unpaired) electrons. The fourth-order valence-electron chi connectivity index (χ4n) is 2.50. The Bertz CT molecular complexity index is 595. The first-order chi connectivity index (χ1) is 10.1. The van der Waals surface area contributed by atoms with Crippen molar-refractivity contribution in [2.75, 3.05) is 4.43 Å². The van der Waals surface area contributed by atoms with E-state index in [1.165, 1.54) is 0 Å². The van der Waals surface area contributed by atoms with Crippen LogP contribution in [0.25, 0.3) is 0 Å². The van der Waals surface area contributed by atoms with E-state index in [1.54, 1.807) is 0 Å². The number of Topliss-reactive ketones (excluding diaryl/α,β-unsaturated/α-hetero) is 1. The highest BCUT2D eigenvalue weighted by Gasteiger charge is 2.28. The van der Waals surface area contributed by atoms with E-state index in [1.807, 2.05) is 61.5 Å². The van der Waals surface area contributed by atoms with Gasteiger partial charge in [-0.25, -0.2) is 0 Å². The van der Waals surface area contributed by atoms with E-state index in [2.05, 4.69) is 22.6 Å². The summed E-state index contributed by atoms with van der Waals surface area (Å²) in [7, 11) is 0. The van der Waals surface area contributed by atoms with Gasteiger partial charge in [0.2, 0.25) is 0 Å². The molecule has 2 aromatic rings. The van der Waals surface area contributed by atoms with Gasteiger partial charge in [-0.2, -0.15) is 0 Å². The van der Waals surface area contributed by atoms with Crippen LogP contribution in [0, 0.1) is 12.8 Å². The zero-order valence-corrected chi connectivity index (χ0v) is 14.2. The van der Waals surface area contributed by atoms with Crippen molar-refractivity contribution in [3.8, 4) is 0 Å². The summed E-state index contributed by atoms with van der Waals surface area (Å²) in [6.07, 6.45) is -0.0854. The van der Waals surface area contributed by atoms with Gasteiger partial charge in [-0.1, -0.05) is 77.2 Å². The van der Waals surface area contributed by atoms with Crippen LogP contribution in [0.2, 0.25) is 0 Å². The number of alkyl halides is 1. The number of aliphatic hydroxyl groups is 1. The molecule has 2 atom stereocenters. The number of carbonyl (C=O) groups is 1. The fraction of sp³-hybridized carbons (Fsp3) is 0.278. The maximum absolute atomic E-state index is 12.7. The summed E-state index contributed by atoms with van der Waals surface area (Å²) < 4.78 is 0.837. The van der Waals surface area contributed by atoms with Crippen molar-refractivity contribution in [1.82, 2.24) is 0 Å². The van der Waals surface area contributed by atoms with Gasteiger partial charge in [0.25, 0.3) is 0 Å². The van der Waals surface area contributed by atoms with Crippen LogP contribution in [-0.2, 0) is 0 Å². The van der Waals surface area contributed by atoms with Crippen LogP contribution in [0.15, 0.2) is 54.6 Å². The molecular weight excluding hydrogens is 375 g/mol. The second-order valence-corrected chi connectivity index (χ2v) is 6.19. The van der Waals surface area contributed by atoms with Gasteiger partial charge in [0, 0.05) is 9.99 Å². The van der Waals surface area contributed by atoms with Crippen molar-refractivity contribution in [3.05, 3.63) is 71.3 Å². The number of ketones is 1. The van der Waals surface area contributed by atoms with Gasteiger partial charge in [0.15, 0.2) is 5.78 Å². The smallest absolute Gasteiger partial charge is 0.168 e. The van der Waals surface area contributed by atoms with Crippen LogP contribution in [0.3, 0.4) is 0 Å². The van der Waals surface area contributed by atoms with Crippen molar-refractivity contribution in [1.29, 1.82) is 0 Å². The van der Waals surface area contributed by atoms with Crippen molar-refractivity contribution in [2.24, 2.45) is 5.92 Å². The largest absolute Gasteiger partial charge is 0.388 e. The Hall–Kier alpha value is -1.20. The summed E-state index contributed by atoms with van der Waals surface area (Å²) >= 11 is 2.25. The molecule has 0 fully saturated rings. The van der Waals surface area contributed by atoms with Gasteiger partial charge < -0.3 is 5.11 Å². The van der Waals surface area contributed by atoms with Crippen LogP contribution < -0.4 is 0 Å². The number of halogens is 1. The van der Waals surface area contributed by atoms with E-state index >= 15 is 0 Å². The molecule has 0 aliphatic rings. The Balaban J connectivity index is 2.31. The number of hydrogen-bond acceptors (Lipinski definition) is 2. The second kappa shape index (κ2) is 7.71. The maximum atomic E-state index is 12.7. The highest BCUT2D eigenvalue weighted by atomic mass is 127. The molecule has 2 aromatic carbocycles. The van der Waals surface area contributed by atoms with E-state index in [-0.39, 0.29) is 5.78 Å². The standard InChI is InChI=1S/C18H19IO2/c1-13-7-5-6-10-15(13)18(21)16(11-12-19)17(20)14-8-3-2-4-9-14/h2-10,16,18,21H,11-12H2,1H3/t16-,18+/m1/s1. The van der Waals surface area contributed by atoms with E-state index in [4.69, 9.17) is 0 Å². The van der Waals surface area contributed by atoms with E-state index in [0.29, 0.717) is 12.0 Å². The lowest BCUT2D eigenvalue weighted by Crippen LogP contribution is -2.23. The molecule has 0 saturated heterocycles. The molecule has 0 spiro atoms. The quantitative estimate of drug-likeness (QED) is 0.449. The molecule has 0 bridgehead atoms. The molecule has 0 aliphatic heterocycles. The van der Waals surface area contributed by atoms with Crippen molar-refractivity contribution in [2.45, 2.75) is 19.4 Å². The molecule has 0 saturated carbocycles. The van der Waals surface area contributed by atoms with E-state index in [0.717, 1.165) is 15.6 Å². The average molecular weight is 394 g/mol. The van der Waals surface area contributed by atoms with Crippen molar-refractivity contribution >= 4 is 28.4 Å². The Kier molecular flexibility index (Phi) is 5.94. The summed E-state index contributed by atoms with van der Waals surface area (Å²) in [5.41, 5.74) is 2.53. The Morgan fingerprint density at radius 3 is 2.33 bits per heavy atom. The summed E-state index contributed by atoms with van der Waals surface area (Å²) in [4.78, 5) is 12.7. The van der Waals surface area contributed by atoms with E-state index < -0.39 is 12.0 Å². The fourth-order valence-corrected chi connectivity index (χ4v) is 3.17. The third-order valence-corrected chi connectivity index (χ3v) is 4.33. The van der Waals surface area contributed by atoms with Crippen LogP contribution in [0.5, 0.6) is 0 Å². The molecule has 21 heavy (non-hydrogen) atoms. The number of carbonyl (C=O) groups excluding carboxylic acids is 1. The highest BCUT2D eigenvalue weighted by molar-refractivity contribution is 14.1. The normalized spacial score (nSPS) is 13.7. The first-order valence-corrected chi connectivity index (χ1v) is 8.56. The molecule has 2 nitrogen and oxygen atoms in total. The summed E-state index contributed by atoms with van der Waals surface area (Å²) in [6, 6.07) is 16.9.